The Morgan fingerprint density at radius 1 is 1.15 bits per heavy atom. The molecule has 0 spiro atoms. The van der Waals surface area contributed by atoms with Gasteiger partial charge in [-0.25, -0.2) is 8.42 Å². The molecule has 2 aromatic carbocycles. The summed E-state index contributed by atoms with van der Waals surface area (Å²) in [5.41, 5.74) is 0.708. The third kappa shape index (κ3) is 5.76. The first kappa shape index (κ1) is 24.6. The van der Waals surface area contributed by atoms with E-state index in [0.717, 1.165) is 0 Å². The molecular weight excluding hydrogens is 460 g/mol. The summed E-state index contributed by atoms with van der Waals surface area (Å²) < 4.78 is 45.4. The molecule has 2 heterocycles. The van der Waals surface area contributed by atoms with Gasteiger partial charge in [0, 0.05) is 18.3 Å². The quantitative estimate of drug-likeness (QED) is 0.637. The van der Waals surface area contributed by atoms with Crippen molar-refractivity contribution < 1.29 is 32.5 Å². The lowest BCUT2D eigenvalue weighted by molar-refractivity contribution is -0.144. The lowest BCUT2D eigenvalue weighted by Gasteiger charge is -2.43. The summed E-state index contributed by atoms with van der Waals surface area (Å²) in [6.45, 7) is 0.0156. The summed E-state index contributed by atoms with van der Waals surface area (Å²) >= 11 is 0. The second-order valence-electron chi connectivity index (χ2n) is 8.50. The van der Waals surface area contributed by atoms with Crippen LogP contribution in [0, 0.1) is 0 Å². The molecule has 2 aliphatic rings. The highest BCUT2D eigenvalue weighted by Crippen LogP contribution is 2.32. The van der Waals surface area contributed by atoms with Crippen LogP contribution in [0.1, 0.15) is 19.3 Å². The third-order valence-electron chi connectivity index (χ3n) is 6.05. The highest BCUT2D eigenvalue weighted by molar-refractivity contribution is 7.89. The Hall–Kier alpha value is -2.50. The number of benzene rings is 2. The number of rotatable bonds is 6. The molecular formula is C24H30N2O7S. The van der Waals surface area contributed by atoms with Gasteiger partial charge in [-0.2, -0.15) is 4.31 Å². The maximum atomic E-state index is 13.6. The molecule has 2 aromatic rings. The van der Waals surface area contributed by atoms with Gasteiger partial charge in [0.05, 0.1) is 56.0 Å². The van der Waals surface area contributed by atoms with E-state index >= 15 is 0 Å². The summed E-state index contributed by atoms with van der Waals surface area (Å²) in [4.78, 5) is 12.6. The van der Waals surface area contributed by atoms with Crippen molar-refractivity contribution in [1.82, 2.24) is 4.31 Å². The summed E-state index contributed by atoms with van der Waals surface area (Å²) in [6, 6.07) is 14.9. The molecule has 2 saturated heterocycles. The molecule has 34 heavy (non-hydrogen) atoms. The number of sulfonamides is 1. The van der Waals surface area contributed by atoms with Gasteiger partial charge in [0.15, 0.2) is 0 Å². The van der Waals surface area contributed by atoms with Crippen molar-refractivity contribution in [3.8, 4) is 5.75 Å². The average Bonchev–Trinajstić information content (AvgIpc) is 2.82. The first-order valence-electron chi connectivity index (χ1n) is 11.3. The Kier molecular flexibility index (Phi) is 7.84. The van der Waals surface area contributed by atoms with Crippen molar-refractivity contribution >= 4 is 21.6 Å². The zero-order valence-electron chi connectivity index (χ0n) is 19.0. The average molecular weight is 491 g/mol. The molecule has 0 bridgehead atoms. The fourth-order valence-electron chi connectivity index (χ4n) is 4.41. The van der Waals surface area contributed by atoms with Crippen molar-refractivity contribution in [2.75, 3.05) is 32.2 Å². The highest BCUT2D eigenvalue weighted by atomic mass is 32.2. The number of anilines is 1. The maximum absolute atomic E-state index is 13.6. The first-order valence-corrected chi connectivity index (χ1v) is 12.7. The number of nitrogens with zero attached hydrogens (tertiary/aromatic N) is 1. The highest BCUT2D eigenvalue weighted by Gasteiger charge is 2.43. The number of aliphatic hydroxyl groups is 1. The number of fused-ring (bicyclic) bond motifs is 1. The van der Waals surface area contributed by atoms with E-state index in [-0.39, 0.29) is 43.1 Å². The molecule has 0 aromatic heterocycles. The number of carbonyl (C=O) groups excluding carboxylic acids is 1. The molecule has 4 atom stereocenters. The number of nitrogens with one attached hydrogen (secondary N) is 1. The molecule has 2 aliphatic heterocycles. The van der Waals surface area contributed by atoms with Crippen molar-refractivity contribution in [2.24, 2.45) is 0 Å². The Morgan fingerprint density at radius 2 is 1.94 bits per heavy atom. The molecule has 10 heteroatoms. The van der Waals surface area contributed by atoms with Gasteiger partial charge in [0.25, 0.3) is 0 Å². The second kappa shape index (κ2) is 10.8. The fourth-order valence-corrected chi connectivity index (χ4v) is 6.16. The van der Waals surface area contributed by atoms with Crippen LogP contribution in [-0.2, 0) is 24.3 Å². The zero-order valence-corrected chi connectivity index (χ0v) is 19.8. The molecule has 0 unspecified atom stereocenters. The first-order chi connectivity index (χ1) is 16.4. The number of methoxy groups -OCH3 is 1. The van der Waals surface area contributed by atoms with E-state index in [9.17, 15) is 18.3 Å². The smallest absolute Gasteiger partial charge is 0.243 e. The van der Waals surface area contributed by atoms with Crippen molar-refractivity contribution in [3.63, 3.8) is 0 Å². The Labute approximate surface area is 199 Å². The standard InChI is InChI=1S/C24H30N2O7S/c1-31-19-8-5-9-21(12-19)34(29,30)26-14-18(27)15-32-16-23-22(26)11-10-20(33-23)13-24(28)25-17-6-3-2-4-7-17/h2-9,12,18,20,22-23,27H,10-11,13-16H2,1H3,(H,25,28)/t18-,20-,22-,23+/m0/s1. The molecule has 0 aliphatic carbocycles. The van der Waals surface area contributed by atoms with Gasteiger partial charge in [-0.1, -0.05) is 24.3 Å². The van der Waals surface area contributed by atoms with Gasteiger partial charge >= 0.3 is 0 Å². The predicted octanol–water partition coefficient (Wildman–Crippen LogP) is 2.02. The molecule has 184 valence electrons. The molecule has 1 amide bonds. The number of amides is 1. The van der Waals surface area contributed by atoms with Gasteiger partial charge in [-0.05, 0) is 37.1 Å². The number of ether oxygens (including phenoxy) is 3. The Morgan fingerprint density at radius 3 is 2.71 bits per heavy atom. The van der Waals surface area contributed by atoms with Gasteiger partial charge in [-0.15, -0.1) is 0 Å². The van der Waals surface area contributed by atoms with Crippen LogP contribution < -0.4 is 10.1 Å². The monoisotopic (exact) mass is 490 g/mol. The normalized spacial score (nSPS) is 26.1. The topological polar surface area (TPSA) is 114 Å². The summed E-state index contributed by atoms with van der Waals surface area (Å²) in [6.07, 6.45) is -0.744. The molecule has 0 saturated carbocycles. The minimum atomic E-state index is -3.94. The summed E-state index contributed by atoms with van der Waals surface area (Å²) in [7, 11) is -2.47. The van der Waals surface area contributed by atoms with Gasteiger partial charge in [-0.3, -0.25) is 4.79 Å². The molecule has 0 radical (unpaired) electrons. The number of para-hydroxylation sites is 1. The van der Waals surface area contributed by atoms with Crippen LogP contribution in [0.4, 0.5) is 5.69 Å². The van der Waals surface area contributed by atoms with E-state index in [1.807, 2.05) is 30.3 Å². The van der Waals surface area contributed by atoms with E-state index in [1.54, 1.807) is 12.1 Å². The van der Waals surface area contributed by atoms with Gasteiger partial charge in [0.2, 0.25) is 15.9 Å². The van der Waals surface area contributed by atoms with E-state index in [2.05, 4.69) is 5.32 Å². The maximum Gasteiger partial charge on any atom is 0.243 e. The predicted molar refractivity (Wildman–Crippen MR) is 125 cm³/mol. The zero-order chi connectivity index (χ0) is 24.1. The second-order valence-corrected chi connectivity index (χ2v) is 10.4. The van der Waals surface area contributed by atoms with Gasteiger partial charge in [0.1, 0.15) is 5.75 Å². The molecule has 9 nitrogen and oxygen atoms in total. The number of carbonyl (C=O) groups is 1. The number of hydrogen-bond donors (Lipinski definition) is 2. The Balaban J connectivity index is 1.50. The minimum Gasteiger partial charge on any atom is -0.497 e. The van der Waals surface area contributed by atoms with E-state index < -0.39 is 28.3 Å². The minimum absolute atomic E-state index is 0.00410. The molecule has 2 fully saturated rings. The third-order valence-corrected chi connectivity index (χ3v) is 7.94. The van der Waals surface area contributed by atoms with Crippen molar-refractivity contribution in [3.05, 3.63) is 54.6 Å². The van der Waals surface area contributed by atoms with E-state index in [0.29, 0.717) is 24.3 Å². The summed E-state index contributed by atoms with van der Waals surface area (Å²) in [5.74, 6) is 0.260. The lowest BCUT2D eigenvalue weighted by atomic mass is 9.96. The van der Waals surface area contributed by atoms with Crippen LogP contribution in [0.2, 0.25) is 0 Å². The Bertz CT molecular complexity index is 1080. The number of β-amino-alcohol motifs (C(OH)–C–C–N with tert-alkyl or cyclic N) is 1. The van der Waals surface area contributed by atoms with Crippen molar-refractivity contribution in [2.45, 2.75) is 48.5 Å². The van der Waals surface area contributed by atoms with Crippen LogP contribution >= 0.6 is 0 Å². The number of aliphatic hydroxyl groups excluding tert-OH is 1. The fraction of sp³-hybridized carbons (Fsp3) is 0.458. The number of hydrogen-bond acceptors (Lipinski definition) is 7. The summed E-state index contributed by atoms with van der Waals surface area (Å²) in [5, 5.41) is 13.2. The van der Waals surface area contributed by atoms with Crippen LogP contribution in [0.25, 0.3) is 0 Å². The lowest BCUT2D eigenvalue weighted by Crippen LogP contribution is -2.57. The van der Waals surface area contributed by atoms with E-state index in [1.165, 1.54) is 23.5 Å². The van der Waals surface area contributed by atoms with Crippen LogP contribution in [-0.4, -0.2) is 75.0 Å². The largest absolute Gasteiger partial charge is 0.497 e. The molecule has 4 rings (SSSR count). The van der Waals surface area contributed by atoms with Gasteiger partial charge < -0.3 is 24.6 Å². The van der Waals surface area contributed by atoms with Crippen LogP contribution in [0.3, 0.4) is 0 Å². The van der Waals surface area contributed by atoms with Crippen LogP contribution in [0.15, 0.2) is 59.5 Å². The molecule has 2 N–H and O–H groups in total. The SMILES string of the molecule is COc1cccc(S(=O)(=O)N2C[C@H](O)COC[C@H]3O[C@H](CC(=O)Nc4ccccc4)CC[C@@H]32)c1. The van der Waals surface area contributed by atoms with E-state index in [4.69, 9.17) is 14.2 Å². The van der Waals surface area contributed by atoms with Crippen LogP contribution in [0.5, 0.6) is 5.75 Å². The van der Waals surface area contributed by atoms with Crippen molar-refractivity contribution in [1.29, 1.82) is 0 Å².